The molecule has 29 heavy (non-hydrogen) atoms. The molecule has 2 aromatic carbocycles. The Labute approximate surface area is 168 Å². The zero-order chi connectivity index (χ0) is 20.2. The van der Waals surface area contributed by atoms with Crippen LogP contribution in [0.3, 0.4) is 0 Å². The maximum Gasteiger partial charge on any atom is 0.417 e. The molecule has 150 valence electrons. The highest BCUT2D eigenvalue weighted by atomic mass is 16.7. The zero-order valence-corrected chi connectivity index (χ0v) is 15.9. The predicted molar refractivity (Wildman–Crippen MR) is 104 cm³/mol. The molecule has 0 N–H and O–H groups in total. The summed E-state index contributed by atoms with van der Waals surface area (Å²) in [4.78, 5) is 26.1. The first-order chi connectivity index (χ1) is 14.2. The number of hydrogen-bond donors (Lipinski definition) is 0. The molecule has 2 saturated heterocycles. The highest BCUT2D eigenvalue weighted by Gasteiger charge is 2.37. The number of nitrogens with zero attached hydrogens (tertiary/aromatic N) is 1. The molecule has 7 nitrogen and oxygen atoms in total. The molecule has 0 radical (unpaired) electrons. The molecule has 2 fully saturated rings. The second kappa shape index (κ2) is 8.46. The number of carbonyl (C=O) groups excluding carboxylic acids is 2. The van der Waals surface area contributed by atoms with Gasteiger partial charge in [-0.3, -0.25) is 4.79 Å². The van der Waals surface area contributed by atoms with Gasteiger partial charge in [-0.05, 0) is 29.3 Å². The number of methoxy groups -OCH3 is 1. The molecule has 2 aliphatic heterocycles. The predicted octanol–water partition coefficient (Wildman–Crippen LogP) is 3.47. The molecular weight excluding hydrogens is 374 g/mol. The van der Waals surface area contributed by atoms with Gasteiger partial charge in [0.2, 0.25) is 0 Å². The van der Waals surface area contributed by atoms with Gasteiger partial charge in [0, 0.05) is 11.6 Å². The van der Waals surface area contributed by atoms with Crippen LogP contribution in [0, 0.1) is 0 Å². The van der Waals surface area contributed by atoms with Crippen LogP contribution in [-0.2, 0) is 19.0 Å². The van der Waals surface area contributed by atoms with Crippen LogP contribution in [0.15, 0.2) is 54.6 Å². The number of cyclic esters (lactones) is 1. The Morgan fingerprint density at radius 3 is 2.62 bits per heavy atom. The fraction of sp³-hybridized carbons (Fsp3) is 0.273. The molecule has 0 aliphatic carbocycles. The average Bonchev–Trinajstić information content (AvgIpc) is 3.42. The van der Waals surface area contributed by atoms with E-state index in [9.17, 15) is 9.59 Å². The Morgan fingerprint density at radius 1 is 1.14 bits per heavy atom. The molecule has 4 rings (SSSR count). The second-order valence-electron chi connectivity index (χ2n) is 6.61. The summed E-state index contributed by atoms with van der Waals surface area (Å²) in [7, 11) is 1.58. The summed E-state index contributed by atoms with van der Waals surface area (Å²) in [5, 5.41) is 0. The van der Waals surface area contributed by atoms with Crippen LogP contribution in [0.2, 0.25) is 0 Å². The summed E-state index contributed by atoms with van der Waals surface area (Å²) in [6, 6.07) is 14.3. The van der Waals surface area contributed by atoms with E-state index in [4.69, 9.17) is 18.9 Å². The largest absolute Gasteiger partial charge is 0.497 e. The van der Waals surface area contributed by atoms with Gasteiger partial charge in [0.15, 0.2) is 6.29 Å². The first-order valence-corrected chi connectivity index (χ1v) is 9.31. The summed E-state index contributed by atoms with van der Waals surface area (Å²) in [5.74, 6) is 0.214. The highest BCUT2D eigenvalue weighted by Crippen LogP contribution is 2.31. The van der Waals surface area contributed by atoms with Gasteiger partial charge in [0.25, 0.3) is 5.91 Å². The van der Waals surface area contributed by atoms with Crippen molar-refractivity contribution in [3.05, 3.63) is 71.3 Å². The van der Waals surface area contributed by atoms with Gasteiger partial charge in [0.1, 0.15) is 18.4 Å². The standard InChI is InChI=1S/C22H21NO6/c1-26-17-9-7-15(18(13-17)21-27-11-12-28-21)8-10-20(24)23-19(14-29-22(23)25)16-5-3-2-4-6-16/h2-10,13,19,21H,11-12,14H2,1H3/b10-8+/t19-/m0/s1. The van der Waals surface area contributed by atoms with Crippen LogP contribution < -0.4 is 4.74 Å². The lowest BCUT2D eigenvalue weighted by atomic mass is 10.0. The van der Waals surface area contributed by atoms with Crippen LogP contribution in [0.5, 0.6) is 5.75 Å². The lowest BCUT2D eigenvalue weighted by molar-refractivity contribution is -0.124. The van der Waals surface area contributed by atoms with E-state index in [-0.39, 0.29) is 6.61 Å². The van der Waals surface area contributed by atoms with Crippen molar-refractivity contribution in [2.24, 2.45) is 0 Å². The van der Waals surface area contributed by atoms with E-state index in [1.807, 2.05) is 42.5 Å². The normalized spacial score (nSPS) is 19.7. The van der Waals surface area contributed by atoms with Crippen molar-refractivity contribution in [3.63, 3.8) is 0 Å². The number of ether oxygens (including phenoxy) is 4. The summed E-state index contributed by atoms with van der Waals surface area (Å²) >= 11 is 0. The molecule has 2 aromatic rings. The Morgan fingerprint density at radius 2 is 1.90 bits per heavy atom. The van der Waals surface area contributed by atoms with Crippen LogP contribution >= 0.6 is 0 Å². The molecule has 0 bridgehead atoms. The topological polar surface area (TPSA) is 74.3 Å². The minimum Gasteiger partial charge on any atom is -0.497 e. The number of amides is 2. The second-order valence-corrected chi connectivity index (χ2v) is 6.61. The summed E-state index contributed by atoms with van der Waals surface area (Å²) in [6.45, 7) is 1.14. The van der Waals surface area contributed by atoms with Gasteiger partial charge in [0.05, 0.1) is 20.3 Å². The van der Waals surface area contributed by atoms with E-state index in [1.54, 1.807) is 19.3 Å². The highest BCUT2D eigenvalue weighted by molar-refractivity contribution is 6.02. The fourth-order valence-electron chi connectivity index (χ4n) is 3.40. The monoisotopic (exact) mass is 395 g/mol. The Hall–Kier alpha value is -3.16. The van der Waals surface area contributed by atoms with Crippen molar-refractivity contribution < 1.29 is 28.5 Å². The van der Waals surface area contributed by atoms with E-state index in [0.717, 1.165) is 21.6 Å². The van der Waals surface area contributed by atoms with Gasteiger partial charge < -0.3 is 18.9 Å². The van der Waals surface area contributed by atoms with Crippen LogP contribution in [0.25, 0.3) is 6.08 Å². The maximum absolute atomic E-state index is 12.8. The smallest absolute Gasteiger partial charge is 0.417 e. The molecule has 0 aromatic heterocycles. The van der Waals surface area contributed by atoms with Gasteiger partial charge >= 0.3 is 6.09 Å². The number of benzene rings is 2. The first kappa shape index (κ1) is 19.2. The molecule has 2 amide bonds. The average molecular weight is 395 g/mol. The fourth-order valence-corrected chi connectivity index (χ4v) is 3.40. The quantitative estimate of drug-likeness (QED) is 0.722. The number of hydrogen-bond acceptors (Lipinski definition) is 6. The summed E-state index contributed by atoms with van der Waals surface area (Å²) < 4.78 is 21.6. The van der Waals surface area contributed by atoms with Crippen molar-refractivity contribution in [3.8, 4) is 5.75 Å². The minimum absolute atomic E-state index is 0.139. The molecule has 2 heterocycles. The molecule has 0 saturated carbocycles. The third kappa shape index (κ3) is 4.01. The first-order valence-electron chi connectivity index (χ1n) is 9.31. The maximum atomic E-state index is 12.8. The Balaban J connectivity index is 1.58. The summed E-state index contributed by atoms with van der Waals surface area (Å²) in [6.07, 6.45) is 1.85. The van der Waals surface area contributed by atoms with Gasteiger partial charge in [-0.25, -0.2) is 9.69 Å². The summed E-state index contributed by atoms with van der Waals surface area (Å²) in [5.41, 5.74) is 2.35. The Bertz CT molecular complexity index is 920. The van der Waals surface area contributed by atoms with Crippen LogP contribution in [-0.4, -0.2) is 43.8 Å². The molecule has 2 aliphatic rings. The number of imide groups is 1. The van der Waals surface area contributed by atoms with Crippen molar-refractivity contribution in [1.82, 2.24) is 4.90 Å². The van der Waals surface area contributed by atoms with E-state index < -0.39 is 24.3 Å². The van der Waals surface area contributed by atoms with Gasteiger partial charge in [-0.2, -0.15) is 0 Å². The zero-order valence-electron chi connectivity index (χ0n) is 15.9. The number of carbonyl (C=O) groups is 2. The van der Waals surface area contributed by atoms with Crippen molar-refractivity contribution in [2.45, 2.75) is 12.3 Å². The van der Waals surface area contributed by atoms with E-state index in [2.05, 4.69) is 0 Å². The molecule has 7 heteroatoms. The third-order valence-corrected chi connectivity index (χ3v) is 4.87. The molecule has 1 atom stereocenters. The van der Waals surface area contributed by atoms with Crippen molar-refractivity contribution in [2.75, 3.05) is 26.9 Å². The molecule has 0 unspecified atom stereocenters. The SMILES string of the molecule is COc1ccc(/C=C/C(=O)N2C(=O)OC[C@H]2c2ccccc2)c(C2OCCO2)c1. The third-order valence-electron chi connectivity index (χ3n) is 4.87. The Kier molecular flexibility index (Phi) is 5.59. The lowest BCUT2D eigenvalue weighted by Crippen LogP contribution is -2.32. The van der Waals surface area contributed by atoms with E-state index in [1.165, 1.54) is 6.08 Å². The molecular formula is C22H21NO6. The lowest BCUT2D eigenvalue weighted by Gasteiger charge is -2.18. The van der Waals surface area contributed by atoms with Crippen LogP contribution in [0.4, 0.5) is 4.79 Å². The van der Waals surface area contributed by atoms with E-state index in [0.29, 0.717) is 19.0 Å². The van der Waals surface area contributed by atoms with Crippen molar-refractivity contribution >= 4 is 18.1 Å². The van der Waals surface area contributed by atoms with Crippen LogP contribution in [0.1, 0.15) is 29.0 Å². The molecule has 0 spiro atoms. The minimum atomic E-state index is -0.647. The van der Waals surface area contributed by atoms with Gasteiger partial charge in [-0.15, -0.1) is 0 Å². The van der Waals surface area contributed by atoms with E-state index >= 15 is 0 Å². The van der Waals surface area contributed by atoms with Gasteiger partial charge in [-0.1, -0.05) is 36.4 Å². The van der Waals surface area contributed by atoms with Crippen molar-refractivity contribution in [1.29, 1.82) is 0 Å². The number of rotatable bonds is 5.